The average molecular weight is 387 g/mol. The number of rotatable bonds is 5. The molecule has 4 rings (SSSR count). The van der Waals surface area contributed by atoms with Crippen LogP contribution in [0.25, 0.3) is 32.7 Å². The molecule has 0 saturated heterocycles. The maximum Gasteiger partial charge on any atom is 0.302 e. The summed E-state index contributed by atoms with van der Waals surface area (Å²) < 4.78 is 5.41. The lowest BCUT2D eigenvalue weighted by Crippen LogP contribution is -2.02. The molecule has 140 valence electrons. The van der Waals surface area contributed by atoms with E-state index in [2.05, 4.69) is 79.1 Å². The van der Waals surface area contributed by atoms with E-state index in [9.17, 15) is 4.79 Å². The minimum Gasteiger partial charge on any atom is -0.461 e. The largest absolute Gasteiger partial charge is 0.461 e. The van der Waals surface area contributed by atoms with Gasteiger partial charge in [0.15, 0.2) is 0 Å². The Labute approximate surface area is 169 Å². The van der Waals surface area contributed by atoms with Crippen molar-refractivity contribution in [2.75, 3.05) is 6.26 Å². The van der Waals surface area contributed by atoms with Crippen molar-refractivity contribution in [3.8, 4) is 11.1 Å². The van der Waals surface area contributed by atoms with Crippen LogP contribution in [0.1, 0.15) is 18.1 Å². The molecular weight excluding hydrogens is 364 g/mol. The molecular formula is C25H22O2S. The van der Waals surface area contributed by atoms with Crippen molar-refractivity contribution in [3.05, 3.63) is 83.9 Å². The predicted octanol–water partition coefficient (Wildman–Crippen LogP) is 6.59. The molecule has 0 spiro atoms. The molecule has 0 aromatic heterocycles. The quantitative estimate of drug-likeness (QED) is 0.362. The van der Waals surface area contributed by atoms with Gasteiger partial charge in [-0.2, -0.15) is 11.8 Å². The molecule has 0 fully saturated rings. The molecule has 0 N–H and O–H groups in total. The van der Waals surface area contributed by atoms with E-state index in [0.717, 1.165) is 11.3 Å². The summed E-state index contributed by atoms with van der Waals surface area (Å²) in [6.07, 6.45) is 2.13. The van der Waals surface area contributed by atoms with Crippen LogP contribution in [0.2, 0.25) is 0 Å². The lowest BCUT2D eigenvalue weighted by molar-refractivity contribution is -0.142. The summed E-state index contributed by atoms with van der Waals surface area (Å²) in [7, 11) is 0. The molecule has 0 saturated carbocycles. The van der Waals surface area contributed by atoms with E-state index in [1.807, 2.05) is 11.8 Å². The van der Waals surface area contributed by atoms with Crippen molar-refractivity contribution in [2.45, 2.75) is 19.3 Å². The molecule has 2 nitrogen and oxygen atoms in total. The van der Waals surface area contributed by atoms with Gasteiger partial charge in [-0.05, 0) is 50.1 Å². The first-order valence-corrected chi connectivity index (χ1v) is 10.7. The van der Waals surface area contributed by atoms with Gasteiger partial charge in [-0.1, -0.05) is 72.8 Å². The highest BCUT2D eigenvalue weighted by molar-refractivity contribution is 7.97. The zero-order chi connectivity index (χ0) is 19.5. The second-order valence-corrected chi connectivity index (χ2v) is 7.72. The predicted molar refractivity (Wildman–Crippen MR) is 120 cm³/mol. The highest BCUT2D eigenvalue weighted by Gasteiger charge is 2.17. The van der Waals surface area contributed by atoms with Crippen molar-refractivity contribution in [1.82, 2.24) is 0 Å². The van der Waals surface area contributed by atoms with Crippen LogP contribution in [0.5, 0.6) is 0 Å². The van der Waals surface area contributed by atoms with Gasteiger partial charge in [0.1, 0.15) is 6.61 Å². The van der Waals surface area contributed by atoms with Gasteiger partial charge >= 0.3 is 5.97 Å². The maximum absolute atomic E-state index is 11.5. The Balaban J connectivity index is 2.09. The number of hydrogen-bond acceptors (Lipinski definition) is 3. The molecule has 0 aliphatic carbocycles. The minimum absolute atomic E-state index is 0.263. The summed E-state index contributed by atoms with van der Waals surface area (Å²) in [5.41, 5.74) is 4.74. The molecule has 28 heavy (non-hydrogen) atoms. The van der Waals surface area contributed by atoms with Crippen molar-refractivity contribution < 1.29 is 9.53 Å². The second-order valence-electron chi connectivity index (χ2n) is 6.85. The number of carbonyl (C=O) groups excluding carboxylic acids is 1. The van der Waals surface area contributed by atoms with E-state index in [0.29, 0.717) is 0 Å². The third kappa shape index (κ3) is 3.50. The summed E-state index contributed by atoms with van der Waals surface area (Å²) in [6, 6.07) is 25.5. The minimum atomic E-state index is -0.263. The highest BCUT2D eigenvalue weighted by Crippen LogP contribution is 2.40. The number of thioether (sulfide) groups is 1. The molecule has 4 aromatic rings. The Morgan fingerprint density at radius 3 is 1.89 bits per heavy atom. The third-order valence-corrected chi connectivity index (χ3v) is 5.61. The smallest absolute Gasteiger partial charge is 0.302 e. The van der Waals surface area contributed by atoms with Gasteiger partial charge in [-0.25, -0.2) is 0 Å². The Morgan fingerprint density at radius 2 is 1.32 bits per heavy atom. The van der Waals surface area contributed by atoms with E-state index in [4.69, 9.17) is 4.74 Å². The summed E-state index contributed by atoms with van der Waals surface area (Å²) >= 11 is 1.82. The molecule has 0 radical (unpaired) electrons. The van der Waals surface area contributed by atoms with Crippen LogP contribution in [0.15, 0.2) is 72.8 Å². The van der Waals surface area contributed by atoms with Crippen LogP contribution >= 0.6 is 11.8 Å². The van der Waals surface area contributed by atoms with Gasteiger partial charge in [-0.15, -0.1) is 0 Å². The maximum atomic E-state index is 11.5. The van der Waals surface area contributed by atoms with Gasteiger partial charge in [-0.3, -0.25) is 4.79 Å². The SMILES string of the molecule is CSCc1ccc2ccccc2c1-c1c(COC(C)=O)ccc2ccccc12. The number of carbonyl (C=O) groups is 1. The molecule has 0 bridgehead atoms. The zero-order valence-corrected chi connectivity index (χ0v) is 16.9. The van der Waals surface area contributed by atoms with Crippen molar-refractivity contribution >= 4 is 39.3 Å². The van der Waals surface area contributed by atoms with Crippen LogP contribution in [0.3, 0.4) is 0 Å². The van der Waals surface area contributed by atoms with E-state index in [1.165, 1.54) is 45.2 Å². The van der Waals surface area contributed by atoms with Crippen LogP contribution in [-0.4, -0.2) is 12.2 Å². The molecule has 0 aliphatic heterocycles. The fourth-order valence-electron chi connectivity index (χ4n) is 3.80. The third-order valence-electron chi connectivity index (χ3n) is 5.01. The monoisotopic (exact) mass is 386 g/mol. The molecule has 0 aliphatic rings. The van der Waals surface area contributed by atoms with Gasteiger partial charge in [0, 0.05) is 12.7 Å². The normalized spacial score (nSPS) is 11.1. The topological polar surface area (TPSA) is 26.3 Å². The van der Waals surface area contributed by atoms with Crippen molar-refractivity contribution in [1.29, 1.82) is 0 Å². The first kappa shape index (κ1) is 18.6. The first-order chi connectivity index (χ1) is 13.7. The lowest BCUT2D eigenvalue weighted by atomic mass is 9.87. The Morgan fingerprint density at radius 1 is 0.786 bits per heavy atom. The summed E-state index contributed by atoms with van der Waals surface area (Å²) in [4.78, 5) is 11.5. The van der Waals surface area contributed by atoms with Crippen molar-refractivity contribution in [2.24, 2.45) is 0 Å². The number of esters is 1. The van der Waals surface area contributed by atoms with E-state index in [1.54, 1.807) is 0 Å². The van der Waals surface area contributed by atoms with Crippen LogP contribution in [-0.2, 0) is 21.9 Å². The Kier molecular flexibility index (Phi) is 5.36. The Bertz CT molecular complexity index is 1160. The molecule has 4 aromatic carbocycles. The summed E-state index contributed by atoms with van der Waals surface area (Å²) in [5, 5.41) is 4.82. The van der Waals surface area contributed by atoms with Gasteiger partial charge < -0.3 is 4.74 Å². The van der Waals surface area contributed by atoms with Gasteiger partial charge in [0.05, 0.1) is 0 Å². The van der Waals surface area contributed by atoms with E-state index in [-0.39, 0.29) is 12.6 Å². The number of fused-ring (bicyclic) bond motifs is 2. The highest BCUT2D eigenvalue weighted by atomic mass is 32.2. The Hall–Kier alpha value is -2.78. The van der Waals surface area contributed by atoms with Gasteiger partial charge in [0.2, 0.25) is 0 Å². The standard InChI is InChI=1S/C25H22O2S/c1-17(26)27-15-20-13-11-18-7-3-5-9-22(18)24(20)25-21(16-28-2)14-12-19-8-4-6-10-23(19)25/h3-14H,15-16H2,1-2H3. The van der Waals surface area contributed by atoms with Crippen molar-refractivity contribution in [3.63, 3.8) is 0 Å². The summed E-state index contributed by atoms with van der Waals surface area (Å²) in [5.74, 6) is 0.664. The zero-order valence-electron chi connectivity index (χ0n) is 16.1. The van der Waals surface area contributed by atoms with Gasteiger partial charge in [0.25, 0.3) is 0 Å². The van der Waals surface area contributed by atoms with Crippen LogP contribution < -0.4 is 0 Å². The van der Waals surface area contributed by atoms with Crippen LogP contribution in [0, 0.1) is 0 Å². The van der Waals surface area contributed by atoms with E-state index >= 15 is 0 Å². The molecule has 3 heteroatoms. The van der Waals surface area contributed by atoms with E-state index < -0.39 is 0 Å². The molecule has 0 atom stereocenters. The second kappa shape index (κ2) is 8.07. The summed E-state index contributed by atoms with van der Waals surface area (Å²) in [6.45, 7) is 1.73. The molecule has 0 heterocycles. The fourth-order valence-corrected chi connectivity index (χ4v) is 4.35. The molecule has 0 amide bonds. The first-order valence-electron chi connectivity index (χ1n) is 9.33. The number of hydrogen-bond donors (Lipinski definition) is 0. The molecule has 0 unspecified atom stereocenters. The fraction of sp³-hybridized carbons (Fsp3) is 0.160. The number of ether oxygens (including phenoxy) is 1. The number of benzene rings is 4. The lowest BCUT2D eigenvalue weighted by Gasteiger charge is -2.19. The average Bonchev–Trinajstić information content (AvgIpc) is 2.72. The van der Waals surface area contributed by atoms with Crippen LogP contribution in [0.4, 0.5) is 0 Å².